The smallest absolute Gasteiger partial charge is 0.275 e. The summed E-state index contributed by atoms with van der Waals surface area (Å²) in [6.07, 6.45) is 0. The lowest BCUT2D eigenvalue weighted by Gasteiger charge is -2.04. The van der Waals surface area contributed by atoms with Gasteiger partial charge in [-0.1, -0.05) is 0 Å². The summed E-state index contributed by atoms with van der Waals surface area (Å²) >= 11 is 1.21. The summed E-state index contributed by atoms with van der Waals surface area (Å²) in [7, 11) is 1.56. The van der Waals surface area contributed by atoms with Crippen molar-refractivity contribution in [3.8, 4) is 0 Å². The van der Waals surface area contributed by atoms with Crippen molar-refractivity contribution in [3.05, 3.63) is 40.9 Å². The van der Waals surface area contributed by atoms with Gasteiger partial charge in [0.2, 0.25) is 0 Å². The molecule has 1 heterocycles. The summed E-state index contributed by atoms with van der Waals surface area (Å²) in [5, 5.41) is 7.13. The van der Waals surface area contributed by atoms with Crippen LogP contribution in [0.15, 0.2) is 29.6 Å². The molecule has 7 heteroatoms. The van der Waals surface area contributed by atoms with Crippen LogP contribution < -0.4 is 16.4 Å². The minimum absolute atomic E-state index is 0.176. The zero-order valence-corrected chi connectivity index (χ0v) is 11.0. The number of anilines is 2. The van der Waals surface area contributed by atoms with Crippen molar-refractivity contribution < 1.29 is 9.59 Å². The maximum atomic E-state index is 11.8. The van der Waals surface area contributed by atoms with E-state index in [-0.39, 0.29) is 17.5 Å². The monoisotopic (exact) mass is 276 g/mol. The number of carbonyl (C=O) groups excluding carboxylic acids is 2. The standard InChI is InChI=1S/C12H12N4O2S/c1-14-10(17)7-2-4-8(5-3-7)15-11(18)9-6-19-12(13)16-9/h2-6H,1H3,(H2,13,16)(H,14,17)(H,15,18). The Morgan fingerprint density at radius 2 is 1.89 bits per heavy atom. The molecule has 0 bridgehead atoms. The Morgan fingerprint density at radius 3 is 2.42 bits per heavy atom. The molecule has 0 radical (unpaired) electrons. The molecular formula is C12H12N4O2S. The Labute approximate surface area is 113 Å². The minimum atomic E-state index is -0.333. The largest absolute Gasteiger partial charge is 0.375 e. The molecule has 2 aromatic rings. The van der Waals surface area contributed by atoms with Gasteiger partial charge >= 0.3 is 0 Å². The molecule has 0 aliphatic heterocycles. The van der Waals surface area contributed by atoms with E-state index in [1.165, 1.54) is 11.3 Å². The lowest BCUT2D eigenvalue weighted by Crippen LogP contribution is -2.18. The van der Waals surface area contributed by atoms with Gasteiger partial charge in [-0.25, -0.2) is 4.98 Å². The molecule has 98 valence electrons. The molecule has 0 aliphatic carbocycles. The van der Waals surface area contributed by atoms with Crippen LogP contribution in [0.3, 0.4) is 0 Å². The molecule has 4 N–H and O–H groups in total. The van der Waals surface area contributed by atoms with E-state index in [0.717, 1.165) is 0 Å². The van der Waals surface area contributed by atoms with E-state index in [1.807, 2.05) is 0 Å². The fraction of sp³-hybridized carbons (Fsp3) is 0.0833. The number of hydrogen-bond acceptors (Lipinski definition) is 5. The van der Waals surface area contributed by atoms with E-state index in [0.29, 0.717) is 16.4 Å². The van der Waals surface area contributed by atoms with Gasteiger partial charge in [-0.15, -0.1) is 11.3 Å². The van der Waals surface area contributed by atoms with Crippen LogP contribution >= 0.6 is 11.3 Å². The van der Waals surface area contributed by atoms with Crippen molar-refractivity contribution in [2.45, 2.75) is 0 Å². The van der Waals surface area contributed by atoms with Crippen LogP contribution in [0.2, 0.25) is 0 Å². The van der Waals surface area contributed by atoms with Crippen molar-refractivity contribution in [2.24, 2.45) is 0 Å². The van der Waals surface area contributed by atoms with Gasteiger partial charge < -0.3 is 16.4 Å². The van der Waals surface area contributed by atoms with Gasteiger partial charge in [0.15, 0.2) is 5.13 Å². The molecule has 1 aromatic carbocycles. The zero-order valence-electron chi connectivity index (χ0n) is 10.1. The van der Waals surface area contributed by atoms with Crippen molar-refractivity contribution >= 4 is 34.0 Å². The zero-order chi connectivity index (χ0) is 13.8. The average molecular weight is 276 g/mol. The van der Waals surface area contributed by atoms with Crippen molar-refractivity contribution in [2.75, 3.05) is 18.1 Å². The normalized spacial score (nSPS) is 9.95. The van der Waals surface area contributed by atoms with E-state index in [1.54, 1.807) is 36.7 Å². The summed E-state index contributed by atoms with van der Waals surface area (Å²) in [6.45, 7) is 0. The molecule has 2 amide bonds. The van der Waals surface area contributed by atoms with Gasteiger partial charge in [-0.3, -0.25) is 9.59 Å². The second-order valence-electron chi connectivity index (χ2n) is 3.68. The van der Waals surface area contributed by atoms with Crippen molar-refractivity contribution in [1.29, 1.82) is 0 Å². The molecule has 6 nitrogen and oxygen atoms in total. The number of nitrogen functional groups attached to an aromatic ring is 1. The molecule has 19 heavy (non-hydrogen) atoms. The minimum Gasteiger partial charge on any atom is -0.375 e. The van der Waals surface area contributed by atoms with E-state index < -0.39 is 0 Å². The van der Waals surface area contributed by atoms with Gasteiger partial charge in [0.25, 0.3) is 11.8 Å². The van der Waals surface area contributed by atoms with E-state index >= 15 is 0 Å². The van der Waals surface area contributed by atoms with Crippen LogP contribution in [0.1, 0.15) is 20.8 Å². The van der Waals surface area contributed by atoms with Crippen LogP contribution in [0, 0.1) is 0 Å². The number of nitrogens with one attached hydrogen (secondary N) is 2. The summed E-state index contributed by atoms with van der Waals surface area (Å²) in [5.41, 5.74) is 6.85. The lowest BCUT2D eigenvalue weighted by atomic mass is 10.2. The summed E-state index contributed by atoms with van der Waals surface area (Å²) < 4.78 is 0. The van der Waals surface area contributed by atoms with E-state index in [9.17, 15) is 9.59 Å². The highest BCUT2D eigenvalue weighted by Gasteiger charge is 2.10. The Balaban J connectivity index is 2.07. The number of nitrogens with zero attached hydrogens (tertiary/aromatic N) is 1. The Bertz CT molecular complexity index is 606. The first-order valence-corrected chi connectivity index (χ1v) is 6.32. The second kappa shape index (κ2) is 5.49. The number of benzene rings is 1. The lowest BCUT2D eigenvalue weighted by molar-refractivity contribution is 0.0962. The molecule has 0 atom stereocenters. The van der Waals surface area contributed by atoms with Crippen LogP contribution in [-0.4, -0.2) is 23.8 Å². The highest BCUT2D eigenvalue weighted by molar-refractivity contribution is 7.13. The molecule has 1 aromatic heterocycles. The molecule has 2 rings (SSSR count). The van der Waals surface area contributed by atoms with Crippen molar-refractivity contribution in [3.63, 3.8) is 0 Å². The molecule has 0 saturated heterocycles. The molecule has 0 aliphatic rings. The third kappa shape index (κ3) is 3.08. The topological polar surface area (TPSA) is 97.1 Å². The van der Waals surface area contributed by atoms with Gasteiger partial charge in [0.05, 0.1) is 0 Å². The summed E-state index contributed by atoms with van der Waals surface area (Å²) in [6, 6.07) is 6.56. The third-order valence-electron chi connectivity index (χ3n) is 2.39. The number of hydrogen-bond donors (Lipinski definition) is 3. The van der Waals surface area contributed by atoms with E-state index in [2.05, 4.69) is 15.6 Å². The first kappa shape index (κ1) is 13.0. The Hall–Kier alpha value is -2.41. The number of nitrogens with two attached hydrogens (primary N) is 1. The number of aromatic nitrogens is 1. The number of amides is 2. The summed E-state index contributed by atoms with van der Waals surface area (Å²) in [4.78, 5) is 27.0. The Morgan fingerprint density at radius 1 is 1.21 bits per heavy atom. The third-order valence-corrected chi connectivity index (χ3v) is 3.06. The molecule has 0 spiro atoms. The number of carbonyl (C=O) groups is 2. The predicted octanol–water partition coefficient (Wildman–Crippen LogP) is 1.34. The highest BCUT2D eigenvalue weighted by atomic mass is 32.1. The fourth-order valence-electron chi connectivity index (χ4n) is 1.44. The average Bonchev–Trinajstić information content (AvgIpc) is 2.85. The SMILES string of the molecule is CNC(=O)c1ccc(NC(=O)c2csc(N)n2)cc1. The van der Waals surface area contributed by atoms with Crippen LogP contribution in [0.4, 0.5) is 10.8 Å². The summed E-state index contributed by atoms with van der Waals surface area (Å²) in [5.74, 6) is -0.509. The molecule has 0 saturated carbocycles. The van der Waals surface area contributed by atoms with Crippen LogP contribution in [0.25, 0.3) is 0 Å². The molecule has 0 fully saturated rings. The first-order chi connectivity index (χ1) is 9.10. The number of thiazole rings is 1. The predicted molar refractivity (Wildman–Crippen MR) is 74.3 cm³/mol. The highest BCUT2D eigenvalue weighted by Crippen LogP contribution is 2.14. The van der Waals surface area contributed by atoms with Crippen LogP contribution in [-0.2, 0) is 0 Å². The first-order valence-electron chi connectivity index (χ1n) is 5.44. The quantitative estimate of drug-likeness (QED) is 0.788. The van der Waals surface area contributed by atoms with Gasteiger partial charge in [0.1, 0.15) is 5.69 Å². The van der Waals surface area contributed by atoms with Gasteiger partial charge in [0, 0.05) is 23.7 Å². The van der Waals surface area contributed by atoms with Crippen molar-refractivity contribution in [1.82, 2.24) is 10.3 Å². The van der Waals surface area contributed by atoms with E-state index in [4.69, 9.17) is 5.73 Å². The second-order valence-corrected chi connectivity index (χ2v) is 4.57. The number of rotatable bonds is 3. The maximum Gasteiger partial charge on any atom is 0.275 e. The fourth-order valence-corrected chi connectivity index (χ4v) is 1.98. The Kier molecular flexibility index (Phi) is 3.76. The van der Waals surface area contributed by atoms with Crippen LogP contribution in [0.5, 0.6) is 0 Å². The molecule has 0 unspecified atom stereocenters. The molecular weight excluding hydrogens is 264 g/mol. The van der Waals surface area contributed by atoms with Gasteiger partial charge in [-0.05, 0) is 24.3 Å². The van der Waals surface area contributed by atoms with Gasteiger partial charge in [-0.2, -0.15) is 0 Å². The maximum absolute atomic E-state index is 11.8.